The molecule has 2 heterocycles. The van der Waals surface area contributed by atoms with Gasteiger partial charge in [-0.2, -0.15) is 0 Å². The zero-order chi connectivity index (χ0) is 14.2. The Kier molecular flexibility index (Phi) is 6.26. The minimum atomic E-state index is 0.430. The number of thiazole rings is 1. The van der Waals surface area contributed by atoms with Crippen LogP contribution in [-0.2, 0) is 11.2 Å². The molecule has 2 N–H and O–H groups in total. The molecule has 1 aliphatic heterocycles. The summed E-state index contributed by atoms with van der Waals surface area (Å²) in [4.78, 5) is 9.84. The third-order valence-electron chi connectivity index (χ3n) is 3.31. The molecule has 1 unspecified atom stereocenters. The molecule has 0 amide bonds. The molecule has 1 atom stereocenters. The zero-order valence-electron chi connectivity index (χ0n) is 12.3. The first-order valence-corrected chi connectivity index (χ1v) is 8.07. The summed E-state index contributed by atoms with van der Waals surface area (Å²) in [5.41, 5.74) is 0. The molecule has 112 valence electrons. The van der Waals surface area contributed by atoms with Gasteiger partial charge in [-0.05, 0) is 26.2 Å². The summed E-state index contributed by atoms with van der Waals surface area (Å²) < 4.78 is 5.60. The Balaban J connectivity index is 1.59. The van der Waals surface area contributed by atoms with Gasteiger partial charge in [0.25, 0.3) is 0 Å². The lowest BCUT2D eigenvalue weighted by Gasteiger charge is -2.13. The van der Waals surface area contributed by atoms with Crippen molar-refractivity contribution >= 4 is 17.3 Å². The second kappa shape index (κ2) is 8.21. The Labute approximate surface area is 124 Å². The quantitative estimate of drug-likeness (QED) is 0.620. The summed E-state index contributed by atoms with van der Waals surface area (Å²) >= 11 is 1.75. The third kappa shape index (κ3) is 5.09. The maximum absolute atomic E-state index is 5.60. The van der Waals surface area contributed by atoms with Gasteiger partial charge in [-0.3, -0.25) is 4.99 Å². The van der Waals surface area contributed by atoms with Gasteiger partial charge in [-0.1, -0.05) is 0 Å². The van der Waals surface area contributed by atoms with E-state index in [1.165, 1.54) is 22.7 Å². The van der Waals surface area contributed by atoms with E-state index in [4.69, 9.17) is 4.74 Å². The van der Waals surface area contributed by atoms with E-state index in [0.29, 0.717) is 6.10 Å². The highest BCUT2D eigenvalue weighted by atomic mass is 32.1. The van der Waals surface area contributed by atoms with E-state index in [9.17, 15) is 0 Å². The van der Waals surface area contributed by atoms with Crippen LogP contribution in [0.3, 0.4) is 0 Å². The summed E-state index contributed by atoms with van der Waals surface area (Å²) in [6.45, 7) is 4.76. The molecular formula is C14H24N4OS. The monoisotopic (exact) mass is 296 g/mol. The molecule has 0 saturated carbocycles. The van der Waals surface area contributed by atoms with E-state index < -0.39 is 0 Å². The SMILES string of the molecule is CN=C(NCCc1ncc(C)s1)NCCC1CCCO1. The molecule has 1 saturated heterocycles. The first kappa shape index (κ1) is 15.3. The number of ether oxygens (including phenoxy) is 1. The van der Waals surface area contributed by atoms with E-state index in [-0.39, 0.29) is 0 Å². The lowest BCUT2D eigenvalue weighted by Crippen LogP contribution is -2.39. The normalized spacial score (nSPS) is 19.3. The Morgan fingerprint density at radius 1 is 1.50 bits per heavy atom. The summed E-state index contributed by atoms with van der Waals surface area (Å²) in [6, 6.07) is 0. The van der Waals surface area contributed by atoms with Gasteiger partial charge in [-0.25, -0.2) is 4.98 Å². The number of aromatic nitrogens is 1. The van der Waals surface area contributed by atoms with Crippen molar-refractivity contribution in [2.75, 3.05) is 26.7 Å². The maximum Gasteiger partial charge on any atom is 0.190 e. The Bertz CT molecular complexity index is 427. The predicted octanol–water partition coefficient (Wildman–Crippen LogP) is 1.73. The minimum absolute atomic E-state index is 0.430. The molecule has 0 spiro atoms. The average Bonchev–Trinajstić information content (AvgIpc) is 3.09. The second-order valence-corrected chi connectivity index (χ2v) is 6.28. The number of hydrogen-bond acceptors (Lipinski definition) is 4. The number of hydrogen-bond donors (Lipinski definition) is 2. The van der Waals surface area contributed by atoms with Crippen molar-refractivity contribution in [2.45, 2.75) is 38.7 Å². The van der Waals surface area contributed by atoms with Gasteiger partial charge in [0.15, 0.2) is 5.96 Å². The van der Waals surface area contributed by atoms with Crippen LogP contribution in [0.1, 0.15) is 29.1 Å². The van der Waals surface area contributed by atoms with E-state index in [1.807, 2.05) is 6.20 Å². The first-order valence-electron chi connectivity index (χ1n) is 7.25. The molecular weight excluding hydrogens is 272 g/mol. The van der Waals surface area contributed by atoms with Crippen molar-refractivity contribution in [3.05, 3.63) is 16.1 Å². The van der Waals surface area contributed by atoms with Gasteiger partial charge in [-0.15, -0.1) is 11.3 Å². The Hall–Kier alpha value is -1.14. The van der Waals surface area contributed by atoms with Gasteiger partial charge in [0.1, 0.15) is 0 Å². The van der Waals surface area contributed by atoms with E-state index in [1.54, 1.807) is 18.4 Å². The summed E-state index contributed by atoms with van der Waals surface area (Å²) in [5, 5.41) is 7.82. The number of aliphatic imine (C=N–C) groups is 1. The maximum atomic E-state index is 5.60. The minimum Gasteiger partial charge on any atom is -0.378 e. The largest absolute Gasteiger partial charge is 0.378 e. The zero-order valence-corrected chi connectivity index (χ0v) is 13.1. The highest BCUT2D eigenvalue weighted by Gasteiger charge is 2.14. The highest BCUT2D eigenvalue weighted by Crippen LogP contribution is 2.14. The lowest BCUT2D eigenvalue weighted by atomic mass is 10.2. The van der Waals surface area contributed by atoms with Gasteiger partial charge >= 0.3 is 0 Å². The van der Waals surface area contributed by atoms with Crippen LogP contribution in [0.5, 0.6) is 0 Å². The number of guanidine groups is 1. The lowest BCUT2D eigenvalue weighted by molar-refractivity contribution is 0.105. The van der Waals surface area contributed by atoms with Crippen molar-refractivity contribution in [3.8, 4) is 0 Å². The van der Waals surface area contributed by atoms with E-state index >= 15 is 0 Å². The molecule has 6 heteroatoms. The second-order valence-electron chi connectivity index (χ2n) is 4.96. The molecule has 5 nitrogen and oxygen atoms in total. The third-order valence-corrected chi connectivity index (χ3v) is 4.28. The van der Waals surface area contributed by atoms with Gasteiger partial charge < -0.3 is 15.4 Å². The summed E-state index contributed by atoms with van der Waals surface area (Å²) in [5.74, 6) is 0.858. The Morgan fingerprint density at radius 3 is 3.00 bits per heavy atom. The molecule has 0 radical (unpaired) electrons. The van der Waals surface area contributed by atoms with Crippen molar-refractivity contribution in [1.29, 1.82) is 0 Å². The van der Waals surface area contributed by atoms with Crippen LogP contribution < -0.4 is 10.6 Å². The molecule has 0 bridgehead atoms. The number of rotatable bonds is 6. The van der Waals surface area contributed by atoms with Crippen LogP contribution in [0.4, 0.5) is 0 Å². The van der Waals surface area contributed by atoms with Gasteiger partial charge in [0.05, 0.1) is 11.1 Å². The molecule has 1 aromatic heterocycles. The first-order chi connectivity index (χ1) is 9.78. The van der Waals surface area contributed by atoms with Gasteiger partial charge in [0.2, 0.25) is 0 Å². The Morgan fingerprint density at radius 2 is 2.35 bits per heavy atom. The van der Waals surface area contributed by atoms with E-state index in [0.717, 1.165) is 38.5 Å². The van der Waals surface area contributed by atoms with Crippen LogP contribution >= 0.6 is 11.3 Å². The fraction of sp³-hybridized carbons (Fsp3) is 0.714. The van der Waals surface area contributed by atoms with Crippen molar-refractivity contribution < 1.29 is 4.74 Å². The molecule has 0 aromatic carbocycles. The fourth-order valence-corrected chi connectivity index (χ4v) is 3.04. The molecule has 1 aromatic rings. The van der Waals surface area contributed by atoms with Crippen LogP contribution in [-0.4, -0.2) is 43.8 Å². The molecule has 20 heavy (non-hydrogen) atoms. The number of nitrogens with zero attached hydrogens (tertiary/aromatic N) is 2. The van der Waals surface area contributed by atoms with Crippen LogP contribution in [0.2, 0.25) is 0 Å². The van der Waals surface area contributed by atoms with Crippen LogP contribution in [0, 0.1) is 6.92 Å². The van der Waals surface area contributed by atoms with Crippen molar-refractivity contribution in [2.24, 2.45) is 4.99 Å². The average molecular weight is 296 g/mol. The molecule has 1 aliphatic rings. The van der Waals surface area contributed by atoms with Crippen LogP contribution in [0.25, 0.3) is 0 Å². The number of aryl methyl sites for hydroxylation is 1. The topological polar surface area (TPSA) is 58.5 Å². The highest BCUT2D eigenvalue weighted by molar-refractivity contribution is 7.11. The number of nitrogens with one attached hydrogen (secondary N) is 2. The molecule has 0 aliphatic carbocycles. The fourth-order valence-electron chi connectivity index (χ4n) is 2.25. The summed E-state index contributed by atoms with van der Waals surface area (Å²) in [6.07, 6.45) is 6.73. The van der Waals surface area contributed by atoms with Crippen molar-refractivity contribution in [3.63, 3.8) is 0 Å². The molecule has 1 fully saturated rings. The smallest absolute Gasteiger partial charge is 0.190 e. The summed E-state index contributed by atoms with van der Waals surface area (Å²) in [7, 11) is 1.80. The van der Waals surface area contributed by atoms with Gasteiger partial charge in [0, 0.05) is 44.2 Å². The van der Waals surface area contributed by atoms with E-state index in [2.05, 4.69) is 27.5 Å². The molecule has 2 rings (SSSR count). The predicted molar refractivity (Wildman–Crippen MR) is 83.5 cm³/mol. The standard InChI is InChI=1S/C14H24N4OS/c1-11-10-18-13(20-11)6-8-17-14(15-2)16-7-5-12-4-3-9-19-12/h10,12H,3-9H2,1-2H3,(H2,15,16,17). The van der Waals surface area contributed by atoms with Crippen molar-refractivity contribution in [1.82, 2.24) is 15.6 Å². The van der Waals surface area contributed by atoms with Crippen LogP contribution in [0.15, 0.2) is 11.2 Å².